The Balaban J connectivity index is 1.58. The fraction of sp³-hybridized carbons (Fsp3) is 0.179. The van der Waals surface area contributed by atoms with E-state index < -0.39 is 12.3 Å². The Kier molecular flexibility index (Phi) is 8.88. The maximum atomic E-state index is 12.6. The smallest absolute Gasteiger partial charge is 0.481 e. The summed E-state index contributed by atoms with van der Waals surface area (Å²) in [6.45, 7) is 0.0199. The lowest BCUT2D eigenvalue weighted by Crippen LogP contribution is -2.25. The highest BCUT2D eigenvalue weighted by atomic mass is 35.5. The van der Waals surface area contributed by atoms with Gasteiger partial charge in [-0.15, -0.1) is 24.5 Å². The van der Waals surface area contributed by atoms with Crippen LogP contribution in [0.1, 0.15) is 38.8 Å². The molecule has 6 nitrogen and oxygen atoms in total. The zero-order valence-corrected chi connectivity index (χ0v) is 21.8. The molecule has 0 radical (unpaired) electrons. The van der Waals surface area contributed by atoms with Gasteiger partial charge in [-0.25, -0.2) is 4.98 Å². The molecule has 0 aliphatic carbocycles. The lowest BCUT2D eigenvalue weighted by atomic mass is 9.92. The van der Waals surface area contributed by atoms with Crippen molar-refractivity contribution in [1.82, 2.24) is 10.3 Å². The summed E-state index contributed by atoms with van der Waals surface area (Å²) in [6.07, 6.45) is -4.50. The third-order valence-corrected chi connectivity index (χ3v) is 6.97. The van der Waals surface area contributed by atoms with E-state index in [4.69, 9.17) is 21.7 Å². The van der Waals surface area contributed by atoms with E-state index in [1.54, 1.807) is 48.5 Å². The van der Waals surface area contributed by atoms with Crippen LogP contribution in [0.15, 0.2) is 78.2 Å². The molecule has 4 rings (SSSR count). The van der Waals surface area contributed by atoms with Crippen molar-refractivity contribution in [3.05, 3.63) is 105 Å². The standard InChI is InChI=1S/C28H22ClF3N2O4S/c29-21-9-5-19(6-10-21)24-16-39-27(34-24)23(18-7-11-22(12-8-18)38-28(30,31)32)15-17-1-3-20(4-2-17)26(37)33-14-13-25(35)36/h1-12,16,23H,13-15H2,(H,33,37)(H,35,36). The topological polar surface area (TPSA) is 88.5 Å². The van der Waals surface area contributed by atoms with Gasteiger partial charge in [0.05, 0.1) is 12.1 Å². The molecule has 0 saturated heterocycles. The number of carboxylic acid groups (broad SMARTS) is 1. The Morgan fingerprint density at radius 3 is 2.28 bits per heavy atom. The predicted molar refractivity (Wildman–Crippen MR) is 142 cm³/mol. The number of aromatic nitrogens is 1. The molecule has 3 aromatic carbocycles. The number of carboxylic acids is 1. The van der Waals surface area contributed by atoms with Gasteiger partial charge in [0.15, 0.2) is 0 Å². The molecule has 4 aromatic rings. The molecule has 0 saturated carbocycles. The van der Waals surface area contributed by atoms with Gasteiger partial charge in [-0.3, -0.25) is 9.59 Å². The number of hydrogen-bond acceptors (Lipinski definition) is 5. The largest absolute Gasteiger partial charge is 0.573 e. The number of nitrogens with zero attached hydrogens (tertiary/aromatic N) is 1. The van der Waals surface area contributed by atoms with Gasteiger partial charge >= 0.3 is 12.3 Å². The van der Waals surface area contributed by atoms with Crippen LogP contribution in [0.5, 0.6) is 5.75 Å². The van der Waals surface area contributed by atoms with E-state index in [1.165, 1.54) is 23.5 Å². The molecule has 202 valence electrons. The van der Waals surface area contributed by atoms with Crippen molar-refractivity contribution in [3.8, 4) is 17.0 Å². The Morgan fingerprint density at radius 1 is 1.00 bits per heavy atom. The van der Waals surface area contributed by atoms with Crippen molar-refractivity contribution >= 4 is 34.8 Å². The van der Waals surface area contributed by atoms with Crippen LogP contribution in [-0.4, -0.2) is 34.9 Å². The maximum absolute atomic E-state index is 12.6. The molecule has 1 amide bonds. The molecule has 0 bridgehead atoms. The number of carbonyl (C=O) groups is 2. The molecule has 0 fully saturated rings. The van der Waals surface area contributed by atoms with E-state index in [0.29, 0.717) is 17.0 Å². The second-order valence-electron chi connectivity index (χ2n) is 8.55. The lowest BCUT2D eigenvalue weighted by Gasteiger charge is -2.17. The fourth-order valence-electron chi connectivity index (χ4n) is 3.86. The lowest BCUT2D eigenvalue weighted by molar-refractivity contribution is -0.274. The molecule has 0 aliphatic rings. The summed E-state index contributed by atoms with van der Waals surface area (Å²) < 4.78 is 41.9. The number of amides is 1. The van der Waals surface area contributed by atoms with Gasteiger partial charge < -0.3 is 15.2 Å². The van der Waals surface area contributed by atoms with Crippen molar-refractivity contribution in [2.24, 2.45) is 0 Å². The molecule has 0 aliphatic heterocycles. The summed E-state index contributed by atoms with van der Waals surface area (Å²) in [7, 11) is 0. The number of rotatable bonds is 10. The van der Waals surface area contributed by atoms with Gasteiger partial charge in [-0.1, -0.05) is 48.0 Å². The van der Waals surface area contributed by atoms with Crippen LogP contribution in [0, 0.1) is 0 Å². The second kappa shape index (κ2) is 12.3. The summed E-state index contributed by atoms with van der Waals surface area (Å²) in [5, 5.41) is 14.6. The van der Waals surface area contributed by atoms with E-state index in [0.717, 1.165) is 27.4 Å². The van der Waals surface area contributed by atoms with Crippen LogP contribution in [0.4, 0.5) is 13.2 Å². The van der Waals surface area contributed by atoms with Gasteiger partial charge in [0, 0.05) is 34.0 Å². The second-order valence-corrected chi connectivity index (χ2v) is 9.87. The molecule has 1 atom stereocenters. The normalized spacial score (nSPS) is 12.1. The zero-order chi connectivity index (χ0) is 28.0. The molecule has 1 unspecified atom stereocenters. The summed E-state index contributed by atoms with van der Waals surface area (Å²) in [6, 6.07) is 19.8. The van der Waals surface area contributed by atoms with Gasteiger partial charge in [-0.05, 0) is 53.9 Å². The molecular weight excluding hydrogens is 553 g/mol. The summed E-state index contributed by atoms with van der Waals surface area (Å²) in [5.41, 5.74) is 3.64. The van der Waals surface area contributed by atoms with E-state index in [2.05, 4.69) is 10.1 Å². The van der Waals surface area contributed by atoms with Crippen LogP contribution >= 0.6 is 22.9 Å². The first-order valence-electron chi connectivity index (χ1n) is 11.7. The number of nitrogens with one attached hydrogen (secondary N) is 1. The minimum Gasteiger partial charge on any atom is -0.481 e. The Labute approximate surface area is 231 Å². The third kappa shape index (κ3) is 8.05. The number of thiazole rings is 1. The maximum Gasteiger partial charge on any atom is 0.573 e. The Morgan fingerprint density at radius 2 is 1.67 bits per heavy atom. The average Bonchev–Trinajstić information content (AvgIpc) is 3.37. The quantitative estimate of drug-likeness (QED) is 0.214. The van der Waals surface area contributed by atoms with Crippen LogP contribution in [0.25, 0.3) is 11.3 Å². The first kappa shape index (κ1) is 28.1. The fourth-order valence-corrected chi connectivity index (χ4v) is 4.95. The number of carbonyl (C=O) groups excluding carboxylic acids is 1. The SMILES string of the molecule is O=C(O)CCNC(=O)c1ccc(CC(c2ccc(OC(F)(F)F)cc2)c2nc(-c3ccc(Cl)cc3)cs2)cc1. The minimum absolute atomic E-state index is 0.0199. The van der Waals surface area contributed by atoms with Gasteiger partial charge in [-0.2, -0.15) is 0 Å². The average molecular weight is 575 g/mol. The molecule has 11 heteroatoms. The van der Waals surface area contributed by atoms with Crippen LogP contribution < -0.4 is 10.1 Å². The third-order valence-electron chi connectivity index (χ3n) is 5.76. The highest BCUT2D eigenvalue weighted by molar-refractivity contribution is 7.10. The number of halogens is 4. The Hall–Kier alpha value is -3.89. The minimum atomic E-state index is -4.79. The van der Waals surface area contributed by atoms with Crippen molar-refractivity contribution in [3.63, 3.8) is 0 Å². The van der Waals surface area contributed by atoms with Crippen molar-refractivity contribution in [2.45, 2.75) is 25.1 Å². The Bertz CT molecular complexity index is 1420. The first-order chi connectivity index (χ1) is 18.6. The van der Waals surface area contributed by atoms with E-state index >= 15 is 0 Å². The van der Waals surface area contributed by atoms with E-state index in [9.17, 15) is 22.8 Å². The van der Waals surface area contributed by atoms with Gasteiger partial charge in [0.1, 0.15) is 10.8 Å². The number of benzene rings is 3. The number of hydrogen-bond donors (Lipinski definition) is 2. The van der Waals surface area contributed by atoms with Crippen molar-refractivity contribution < 1.29 is 32.6 Å². The summed E-state index contributed by atoms with van der Waals surface area (Å²) in [4.78, 5) is 27.7. The summed E-state index contributed by atoms with van der Waals surface area (Å²) in [5.74, 6) is -1.99. The molecule has 0 spiro atoms. The highest BCUT2D eigenvalue weighted by Crippen LogP contribution is 2.35. The number of ether oxygens (including phenoxy) is 1. The molecule has 1 heterocycles. The first-order valence-corrected chi connectivity index (χ1v) is 13.0. The van der Waals surface area contributed by atoms with Gasteiger partial charge in [0.2, 0.25) is 0 Å². The molecular formula is C28H22ClF3N2O4S. The van der Waals surface area contributed by atoms with E-state index in [1.807, 2.05) is 17.5 Å². The zero-order valence-electron chi connectivity index (χ0n) is 20.2. The van der Waals surface area contributed by atoms with Crippen molar-refractivity contribution in [2.75, 3.05) is 6.54 Å². The van der Waals surface area contributed by atoms with Crippen LogP contribution in [0.3, 0.4) is 0 Å². The van der Waals surface area contributed by atoms with Crippen LogP contribution in [-0.2, 0) is 11.2 Å². The molecule has 1 aromatic heterocycles. The predicted octanol–water partition coefficient (Wildman–Crippen LogP) is 6.94. The molecule has 2 N–H and O–H groups in total. The highest BCUT2D eigenvalue weighted by Gasteiger charge is 2.31. The van der Waals surface area contributed by atoms with E-state index in [-0.39, 0.29) is 30.5 Å². The molecule has 39 heavy (non-hydrogen) atoms. The monoisotopic (exact) mass is 574 g/mol. The van der Waals surface area contributed by atoms with Crippen molar-refractivity contribution in [1.29, 1.82) is 0 Å². The van der Waals surface area contributed by atoms with Gasteiger partial charge in [0.25, 0.3) is 5.91 Å². The van der Waals surface area contributed by atoms with Crippen LogP contribution in [0.2, 0.25) is 5.02 Å². The number of alkyl halides is 3. The summed E-state index contributed by atoms with van der Waals surface area (Å²) >= 11 is 7.44. The number of aliphatic carboxylic acids is 1.